The van der Waals surface area contributed by atoms with E-state index in [1.54, 1.807) is 13.2 Å². The summed E-state index contributed by atoms with van der Waals surface area (Å²) < 4.78 is 23.6. The first-order valence-corrected chi connectivity index (χ1v) is 8.42. The Morgan fingerprint density at radius 3 is 3.16 bits per heavy atom. The van der Waals surface area contributed by atoms with E-state index in [9.17, 15) is 4.39 Å². The van der Waals surface area contributed by atoms with Gasteiger partial charge in [-0.1, -0.05) is 11.6 Å². The third-order valence-corrected chi connectivity index (χ3v) is 4.51. The molecule has 132 valence electrons. The van der Waals surface area contributed by atoms with E-state index in [-0.39, 0.29) is 11.9 Å². The van der Waals surface area contributed by atoms with Crippen molar-refractivity contribution in [2.45, 2.75) is 38.5 Å². The van der Waals surface area contributed by atoms with Crippen molar-refractivity contribution in [1.29, 1.82) is 0 Å². The first-order valence-electron chi connectivity index (χ1n) is 8.42. The van der Waals surface area contributed by atoms with Crippen LogP contribution in [-0.4, -0.2) is 38.7 Å². The number of hydrogen-bond acceptors (Lipinski definition) is 6. The lowest BCUT2D eigenvalue weighted by atomic mass is 10.0. The number of H-pyrrole nitrogens is 1. The topological polar surface area (TPSA) is 80.1 Å². The molecular formula is C17H20FN5O2. The highest BCUT2D eigenvalue weighted by Gasteiger charge is 2.28. The van der Waals surface area contributed by atoms with E-state index < -0.39 is 0 Å². The number of hydrogen-bond donors (Lipinski definition) is 1. The Hall–Kier alpha value is -2.32. The van der Waals surface area contributed by atoms with Crippen molar-refractivity contribution in [2.24, 2.45) is 0 Å². The molecule has 2 aromatic heterocycles. The lowest BCUT2D eigenvalue weighted by Gasteiger charge is -2.33. The highest BCUT2D eigenvalue weighted by molar-refractivity contribution is 5.75. The monoisotopic (exact) mass is 345 g/mol. The molecule has 1 N–H and O–H groups in total. The number of nitrogens with one attached hydrogen (secondary N) is 1. The second-order valence-electron chi connectivity index (χ2n) is 6.30. The Bertz CT molecular complexity index is 862. The van der Waals surface area contributed by atoms with E-state index in [0.29, 0.717) is 24.9 Å². The minimum Gasteiger partial charge on any atom is -0.375 e. The summed E-state index contributed by atoms with van der Waals surface area (Å²) in [5.41, 5.74) is 1.51. The zero-order chi connectivity index (χ0) is 17.2. The summed E-state index contributed by atoms with van der Waals surface area (Å²) >= 11 is 0. The molecule has 8 heteroatoms. The number of piperidine rings is 1. The summed E-state index contributed by atoms with van der Waals surface area (Å²) in [5, 5.41) is 4.02. The molecular weight excluding hydrogens is 325 g/mol. The van der Waals surface area contributed by atoms with Crippen molar-refractivity contribution in [2.75, 3.05) is 13.7 Å². The molecule has 1 aliphatic heterocycles. The van der Waals surface area contributed by atoms with Crippen LogP contribution in [0.15, 0.2) is 22.7 Å². The highest BCUT2D eigenvalue weighted by Crippen LogP contribution is 2.31. The van der Waals surface area contributed by atoms with Crippen LogP contribution in [0.3, 0.4) is 0 Å². The minimum absolute atomic E-state index is 0.133. The Kier molecular flexibility index (Phi) is 4.46. The number of nitrogens with zero attached hydrogens (tertiary/aromatic N) is 4. The average molecular weight is 345 g/mol. The van der Waals surface area contributed by atoms with Gasteiger partial charge in [-0.15, -0.1) is 0 Å². The van der Waals surface area contributed by atoms with Crippen molar-refractivity contribution < 1.29 is 13.7 Å². The second kappa shape index (κ2) is 6.89. The molecule has 0 spiro atoms. The van der Waals surface area contributed by atoms with Gasteiger partial charge < -0.3 is 14.2 Å². The predicted octanol–water partition coefficient (Wildman–Crippen LogP) is 2.96. The zero-order valence-corrected chi connectivity index (χ0v) is 14.0. The van der Waals surface area contributed by atoms with Crippen molar-refractivity contribution in [3.05, 3.63) is 41.6 Å². The SMILES string of the molecule is COCc1nc(CN2CCCC[C@H]2c2nc3ccc(F)cc3[nH]2)no1. The molecule has 0 unspecified atom stereocenters. The molecule has 1 aromatic carbocycles. The van der Waals surface area contributed by atoms with Crippen LogP contribution in [0.2, 0.25) is 0 Å². The summed E-state index contributed by atoms with van der Waals surface area (Å²) in [6, 6.07) is 4.75. The molecule has 3 aromatic rings. The molecule has 4 rings (SSSR count). The molecule has 1 atom stereocenters. The fraction of sp³-hybridized carbons (Fsp3) is 0.471. The largest absolute Gasteiger partial charge is 0.375 e. The quantitative estimate of drug-likeness (QED) is 0.766. The summed E-state index contributed by atoms with van der Waals surface area (Å²) in [6.07, 6.45) is 3.24. The van der Waals surface area contributed by atoms with Crippen LogP contribution in [0.4, 0.5) is 4.39 Å². The third kappa shape index (κ3) is 3.40. The van der Waals surface area contributed by atoms with Crippen molar-refractivity contribution in [1.82, 2.24) is 25.0 Å². The van der Waals surface area contributed by atoms with Gasteiger partial charge in [0.2, 0.25) is 0 Å². The van der Waals surface area contributed by atoms with Gasteiger partial charge in [0.25, 0.3) is 5.89 Å². The second-order valence-corrected chi connectivity index (χ2v) is 6.30. The van der Waals surface area contributed by atoms with Crippen molar-refractivity contribution in [3.63, 3.8) is 0 Å². The van der Waals surface area contributed by atoms with Crippen molar-refractivity contribution in [3.8, 4) is 0 Å². The van der Waals surface area contributed by atoms with Crippen LogP contribution in [0.1, 0.15) is 42.8 Å². The van der Waals surface area contributed by atoms with Gasteiger partial charge in [-0.05, 0) is 37.6 Å². The number of aromatic amines is 1. The maximum absolute atomic E-state index is 13.4. The summed E-state index contributed by atoms with van der Waals surface area (Å²) in [6.45, 7) is 1.83. The van der Waals surface area contributed by atoms with Gasteiger partial charge in [-0.2, -0.15) is 4.98 Å². The summed E-state index contributed by atoms with van der Waals surface area (Å²) in [4.78, 5) is 14.6. The molecule has 7 nitrogen and oxygen atoms in total. The van der Waals surface area contributed by atoms with Gasteiger partial charge in [-0.25, -0.2) is 9.37 Å². The standard InChI is InChI=1S/C17H20FN5O2/c1-24-10-16-21-15(22-25-16)9-23-7-3-2-4-14(23)17-19-12-6-5-11(18)8-13(12)20-17/h5-6,8,14H,2-4,7,9-10H2,1H3,(H,19,20)/t14-/m0/s1. The number of methoxy groups -OCH3 is 1. The first-order chi connectivity index (χ1) is 12.2. The van der Waals surface area contributed by atoms with E-state index in [2.05, 4.69) is 25.0 Å². The molecule has 0 radical (unpaired) electrons. The lowest BCUT2D eigenvalue weighted by molar-refractivity contribution is 0.129. The van der Waals surface area contributed by atoms with E-state index in [4.69, 9.17) is 9.26 Å². The fourth-order valence-corrected chi connectivity index (χ4v) is 3.37. The van der Waals surface area contributed by atoms with Crippen LogP contribution in [-0.2, 0) is 17.9 Å². The summed E-state index contributed by atoms with van der Waals surface area (Å²) in [7, 11) is 1.59. The van der Waals surface area contributed by atoms with E-state index in [1.807, 2.05) is 0 Å². The molecule has 0 aliphatic carbocycles. The van der Waals surface area contributed by atoms with Gasteiger partial charge in [0.15, 0.2) is 5.82 Å². The van der Waals surface area contributed by atoms with Gasteiger partial charge >= 0.3 is 0 Å². The predicted molar refractivity (Wildman–Crippen MR) is 88.1 cm³/mol. The average Bonchev–Trinajstić information content (AvgIpc) is 3.22. The van der Waals surface area contributed by atoms with Gasteiger partial charge in [0, 0.05) is 7.11 Å². The van der Waals surface area contributed by atoms with Gasteiger partial charge in [0.05, 0.1) is 23.6 Å². The van der Waals surface area contributed by atoms with Crippen LogP contribution in [0, 0.1) is 5.82 Å². The Morgan fingerprint density at radius 2 is 2.28 bits per heavy atom. The molecule has 0 amide bonds. The van der Waals surface area contributed by atoms with Crippen LogP contribution >= 0.6 is 0 Å². The first kappa shape index (κ1) is 16.2. The highest BCUT2D eigenvalue weighted by atomic mass is 19.1. The number of aromatic nitrogens is 4. The van der Waals surface area contributed by atoms with Crippen LogP contribution in [0.25, 0.3) is 11.0 Å². The maximum atomic E-state index is 13.4. The minimum atomic E-state index is -0.263. The van der Waals surface area contributed by atoms with Crippen LogP contribution < -0.4 is 0 Å². The normalized spacial score (nSPS) is 18.9. The number of imidazole rings is 1. The fourth-order valence-electron chi connectivity index (χ4n) is 3.37. The van der Waals surface area contributed by atoms with Crippen LogP contribution in [0.5, 0.6) is 0 Å². The molecule has 3 heterocycles. The number of halogens is 1. The smallest absolute Gasteiger partial charge is 0.252 e. The number of fused-ring (bicyclic) bond motifs is 1. The zero-order valence-electron chi connectivity index (χ0n) is 14.0. The molecule has 25 heavy (non-hydrogen) atoms. The lowest BCUT2D eigenvalue weighted by Crippen LogP contribution is -2.33. The maximum Gasteiger partial charge on any atom is 0.252 e. The number of ether oxygens (including phenoxy) is 1. The van der Waals surface area contributed by atoms with Gasteiger partial charge in [0.1, 0.15) is 18.2 Å². The Morgan fingerprint density at radius 1 is 1.36 bits per heavy atom. The Balaban J connectivity index is 1.56. The number of rotatable bonds is 5. The third-order valence-electron chi connectivity index (χ3n) is 4.51. The molecule has 0 saturated carbocycles. The van der Waals surface area contributed by atoms with E-state index >= 15 is 0 Å². The molecule has 0 bridgehead atoms. The Labute approximate surface area is 144 Å². The van der Waals surface area contributed by atoms with E-state index in [0.717, 1.165) is 42.7 Å². The summed E-state index contributed by atoms with van der Waals surface area (Å²) in [5.74, 6) is 1.72. The van der Waals surface area contributed by atoms with E-state index in [1.165, 1.54) is 12.1 Å². The van der Waals surface area contributed by atoms with Gasteiger partial charge in [-0.3, -0.25) is 4.90 Å². The van der Waals surface area contributed by atoms with Crippen molar-refractivity contribution >= 4 is 11.0 Å². The molecule has 1 saturated heterocycles. The molecule has 1 fully saturated rings. The molecule has 1 aliphatic rings. The number of benzene rings is 1. The number of likely N-dealkylation sites (tertiary alicyclic amines) is 1.